The van der Waals surface area contributed by atoms with Gasteiger partial charge in [0, 0.05) is 6.07 Å². The molecule has 0 saturated carbocycles. The van der Waals surface area contributed by atoms with Crippen LogP contribution >= 0.6 is 0 Å². The zero-order valence-corrected chi connectivity index (χ0v) is 11.4. The van der Waals surface area contributed by atoms with E-state index in [1.807, 2.05) is 85.1 Å². The van der Waals surface area contributed by atoms with Gasteiger partial charge in [-0.2, -0.15) is 0 Å². The molecule has 0 fully saturated rings. The third-order valence-corrected chi connectivity index (χ3v) is 3.81. The van der Waals surface area contributed by atoms with Crippen LogP contribution in [0.4, 0.5) is 0 Å². The summed E-state index contributed by atoms with van der Waals surface area (Å²) in [4.78, 5) is 0. The van der Waals surface area contributed by atoms with Crippen molar-refractivity contribution in [1.29, 1.82) is 0 Å². The maximum absolute atomic E-state index is 6.27. The highest BCUT2D eigenvalue weighted by Crippen LogP contribution is 2.16. The molecule has 0 spiro atoms. The van der Waals surface area contributed by atoms with Crippen LogP contribution in [0, 0.1) is 0 Å². The van der Waals surface area contributed by atoms with Gasteiger partial charge in [-0.25, -0.2) is 0 Å². The van der Waals surface area contributed by atoms with Crippen molar-refractivity contribution >= 4 is 17.5 Å². The zero-order valence-electron chi connectivity index (χ0n) is 11.4. The molecular formula is C17H14BNO2. The van der Waals surface area contributed by atoms with Crippen LogP contribution in [0.5, 0.6) is 5.88 Å². The minimum absolute atomic E-state index is 0.713. The molecule has 3 aromatic rings. The summed E-state index contributed by atoms with van der Waals surface area (Å²) in [6.45, 7) is -1.75. The van der Waals surface area contributed by atoms with Crippen molar-refractivity contribution in [3.8, 4) is 5.88 Å². The molecule has 0 N–H and O–H groups in total. The summed E-state index contributed by atoms with van der Waals surface area (Å²) in [5.74, 6) is 0.713. The predicted molar refractivity (Wildman–Crippen MR) is 81.8 cm³/mol. The lowest BCUT2D eigenvalue weighted by Gasteiger charge is -2.30. The average Bonchev–Trinajstić information content (AvgIpc) is 2.97. The van der Waals surface area contributed by atoms with Gasteiger partial charge in [-0.05, 0) is 10.8 Å². The largest absolute Gasteiger partial charge is 0.621 e. The average molecular weight is 275 g/mol. The molecule has 2 heterocycles. The lowest BCUT2D eigenvalue weighted by molar-refractivity contribution is -0.852. The quantitative estimate of drug-likeness (QED) is 0.515. The van der Waals surface area contributed by atoms with Gasteiger partial charge in [0.2, 0.25) is 6.20 Å². The Bertz CT molecular complexity index is 696. The van der Waals surface area contributed by atoms with E-state index in [4.69, 9.17) is 9.41 Å². The van der Waals surface area contributed by atoms with Gasteiger partial charge in [-0.3, -0.25) is 0 Å². The maximum Gasteiger partial charge on any atom is 0.473 e. The minimum Gasteiger partial charge on any atom is -0.621 e. The second kappa shape index (κ2) is 4.67. The van der Waals surface area contributed by atoms with Crippen molar-refractivity contribution in [3.63, 3.8) is 0 Å². The Morgan fingerprint density at radius 1 is 0.667 bits per heavy atom. The van der Waals surface area contributed by atoms with E-state index in [1.165, 1.54) is 0 Å². The van der Waals surface area contributed by atoms with Gasteiger partial charge in [-0.1, -0.05) is 60.7 Å². The predicted octanol–water partition coefficient (Wildman–Crippen LogP) is 1.05. The second-order valence-corrected chi connectivity index (χ2v) is 5.12. The third-order valence-electron chi connectivity index (χ3n) is 3.81. The molecule has 0 radical (unpaired) electrons. The van der Waals surface area contributed by atoms with Crippen LogP contribution in [-0.2, 0) is 0 Å². The van der Waals surface area contributed by atoms with Gasteiger partial charge in [0.15, 0.2) is 0 Å². The van der Waals surface area contributed by atoms with E-state index in [9.17, 15) is 0 Å². The first-order valence-corrected chi connectivity index (χ1v) is 7.03. The number of nitrogens with zero attached hydrogens (tertiary/aromatic N) is 1. The Morgan fingerprint density at radius 3 is 1.81 bits per heavy atom. The summed E-state index contributed by atoms with van der Waals surface area (Å²) < 4.78 is 14.2. The molecule has 2 aromatic carbocycles. The highest BCUT2D eigenvalue weighted by molar-refractivity contribution is 6.93. The van der Waals surface area contributed by atoms with Gasteiger partial charge in [0.1, 0.15) is 0 Å². The van der Waals surface area contributed by atoms with Gasteiger partial charge in [0.05, 0.1) is 6.07 Å². The van der Waals surface area contributed by atoms with E-state index in [0.29, 0.717) is 5.88 Å². The Labute approximate surface area is 123 Å². The molecule has 4 heteroatoms. The molecule has 0 amide bonds. The Balaban J connectivity index is 1.90. The molecule has 1 aliphatic rings. The van der Waals surface area contributed by atoms with Crippen LogP contribution in [0.15, 0.2) is 85.1 Å². The molecular weight excluding hydrogens is 261 g/mol. The summed E-state index contributed by atoms with van der Waals surface area (Å²) in [6.07, 6.45) is 1.87. The molecule has 0 saturated heterocycles. The molecule has 21 heavy (non-hydrogen) atoms. The summed E-state index contributed by atoms with van der Waals surface area (Å²) >= 11 is 0. The van der Waals surface area contributed by atoms with Gasteiger partial charge >= 0.3 is 12.4 Å². The minimum atomic E-state index is -1.75. The standard InChI is InChI=1S/C17H14BNO2/c1-3-9-15(10-4-1)18(16-11-5-2-6-12-16)20-17-13-7-8-14-19(17)21-18/h1-14H. The normalized spacial score (nSPS) is 14.9. The summed E-state index contributed by atoms with van der Waals surface area (Å²) in [5.41, 5.74) is 2.04. The van der Waals surface area contributed by atoms with E-state index < -0.39 is 6.55 Å². The Morgan fingerprint density at radius 2 is 1.24 bits per heavy atom. The maximum atomic E-state index is 6.27. The Hall–Kier alpha value is -2.75. The Kier molecular flexibility index (Phi) is 2.67. The monoisotopic (exact) mass is 275 g/mol. The van der Waals surface area contributed by atoms with Crippen LogP contribution in [0.1, 0.15) is 0 Å². The zero-order chi connectivity index (χ0) is 14.1. The van der Waals surface area contributed by atoms with E-state index in [2.05, 4.69) is 0 Å². The lowest BCUT2D eigenvalue weighted by Crippen LogP contribution is -2.70. The van der Waals surface area contributed by atoms with E-state index >= 15 is 0 Å². The highest BCUT2D eigenvalue weighted by atomic mass is 16.8. The highest BCUT2D eigenvalue weighted by Gasteiger charge is 2.46. The third kappa shape index (κ3) is 1.88. The molecule has 4 rings (SSSR count). The van der Waals surface area contributed by atoms with Crippen LogP contribution in [0.3, 0.4) is 0 Å². The van der Waals surface area contributed by atoms with Crippen molar-refractivity contribution < 1.29 is 14.1 Å². The molecule has 3 nitrogen and oxygen atoms in total. The first-order chi connectivity index (χ1) is 10.4. The first-order valence-electron chi connectivity index (χ1n) is 7.03. The molecule has 1 aliphatic heterocycles. The van der Waals surface area contributed by atoms with E-state index in [1.54, 1.807) is 4.73 Å². The lowest BCUT2D eigenvalue weighted by atomic mass is 9.47. The topological polar surface area (TPSA) is 22.3 Å². The van der Waals surface area contributed by atoms with Crippen molar-refractivity contribution in [2.45, 2.75) is 0 Å². The van der Waals surface area contributed by atoms with Gasteiger partial charge in [0.25, 0.3) is 0 Å². The molecule has 1 aromatic heterocycles. The number of pyridine rings is 1. The molecule has 0 bridgehead atoms. The summed E-state index contributed by atoms with van der Waals surface area (Å²) in [5, 5.41) is 0. The summed E-state index contributed by atoms with van der Waals surface area (Å²) in [6, 6.07) is 25.9. The van der Waals surface area contributed by atoms with Crippen molar-refractivity contribution in [2.24, 2.45) is 0 Å². The number of fused-ring (bicyclic) bond motifs is 1. The SMILES string of the molecule is c1ccc([B-]2(c3ccccc3)Oc3cccc[n+]3O2)cc1. The van der Waals surface area contributed by atoms with Crippen molar-refractivity contribution in [2.75, 3.05) is 0 Å². The van der Waals surface area contributed by atoms with Crippen LogP contribution in [0.25, 0.3) is 0 Å². The number of rotatable bonds is 2. The second-order valence-electron chi connectivity index (χ2n) is 5.12. The van der Waals surface area contributed by atoms with Gasteiger partial charge in [-0.15, -0.1) is 10.9 Å². The van der Waals surface area contributed by atoms with Crippen molar-refractivity contribution in [3.05, 3.63) is 85.1 Å². The van der Waals surface area contributed by atoms with Gasteiger partial charge < -0.3 is 9.41 Å². The molecule has 102 valence electrons. The number of hydrogen-bond donors (Lipinski definition) is 0. The molecule has 0 atom stereocenters. The first kappa shape index (κ1) is 12.0. The number of aromatic nitrogens is 1. The van der Waals surface area contributed by atoms with Crippen LogP contribution < -0.4 is 25.1 Å². The fourth-order valence-corrected chi connectivity index (χ4v) is 2.81. The fourth-order valence-electron chi connectivity index (χ4n) is 2.81. The van der Waals surface area contributed by atoms with Crippen molar-refractivity contribution in [1.82, 2.24) is 0 Å². The van der Waals surface area contributed by atoms with E-state index in [0.717, 1.165) is 10.9 Å². The molecule has 0 aliphatic carbocycles. The number of benzene rings is 2. The fraction of sp³-hybridized carbons (Fsp3) is 0. The number of hydrogen-bond acceptors (Lipinski definition) is 2. The van der Waals surface area contributed by atoms with E-state index in [-0.39, 0.29) is 0 Å². The van der Waals surface area contributed by atoms with Crippen LogP contribution in [-0.4, -0.2) is 6.55 Å². The van der Waals surface area contributed by atoms with Crippen LogP contribution in [0.2, 0.25) is 0 Å². The smallest absolute Gasteiger partial charge is 0.473 e. The molecule has 0 unspecified atom stereocenters. The summed E-state index contributed by atoms with van der Waals surface area (Å²) in [7, 11) is 0.